The van der Waals surface area contributed by atoms with Crippen LogP contribution in [0.25, 0.3) is 10.9 Å². The van der Waals surface area contributed by atoms with E-state index in [9.17, 15) is 9.18 Å². The molecular formula is C14H14FNO2. The first-order valence-electron chi connectivity index (χ1n) is 6.04. The third-order valence-electron chi connectivity index (χ3n) is 3.72. The van der Waals surface area contributed by atoms with Crippen molar-refractivity contribution in [1.82, 2.24) is 4.57 Å². The third kappa shape index (κ3) is 1.98. The van der Waals surface area contributed by atoms with Crippen LogP contribution in [0.4, 0.5) is 4.39 Å². The summed E-state index contributed by atoms with van der Waals surface area (Å²) in [4.78, 5) is 10.8. The van der Waals surface area contributed by atoms with E-state index in [1.54, 1.807) is 6.07 Å². The molecule has 1 aromatic heterocycles. The zero-order chi connectivity index (χ0) is 12.8. The predicted molar refractivity (Wildman–Crippen MR) is 65.8 cm³/mol. The molecule has 1 aromatic carbocycles. The Labute approximate surface area is 104 Å². The number of nitrogens with zero attached hydrogens (tertiary/aromatic N) is 1. The normalized spacial score (nSPS) is 16.9. The molecule has 1 heterocycles. The van der Waals surface area contributed by atoms with E-state index in [1.807, 2.05) is 16.8 Å². The second kappa shape index (κ2) is 3.83. The van der Waals surface area contributed by atoms with Crippen LogP contribution in [0.1, 0.15) is 19.3 Å². The van der Waals surface area contributed by atoms with Crippen molar-refractivity contribution in [2.45, 2.75) is 25.8 Å². The lowest BCUT2D eigenvalue weighted by atomic mass is 10.0. The Balaban J connectivity index is 1.89. The van der Waals surface area contributed by atoms with E-state index >= 15 is 0 Å². The molecule has 3 rings (SSSR count). The van der Waals surface area contributed by atoms with Gasteiger partial charge in [-0.25, -0.2) is 4.39 Å². The van der Waals surface area contributed by atoms with Crippen molar-refractivity contribution in [3.8, 4) is 0 Å². The highest BCUT2D eigenvalue weighted by atomic mass is 19.1. The third-order valence-corrected chi connectivity index (χ3v) is 3.72. The fourth-order valence-corrected chi connectivity index (χ4v) is 2.56. The van der Waals surface area contributed by atoms with Gasteiger partial charge in [-0.3, -0.25) is 4.79 Å². The van der Waals surface area contributed by atoms with Gasteiger partial charge in [-0.1, -0.05) is 0 Å². The molecule has 1 fully saturated rings. The predicted octanol–water partition coefficient (Wildman–Crippen LogP) is 3.04. The molecule has 94 valence electrons. The smallest absolute Gasteiger partial charge is 0.303 e. The molecule has 0 spiro atoms. The van der Waals surface area contributed by atoms with Crippen molar-refractivity contribution >= 4 is 16.9 Å². The molecule has 1 aliphatic rings. The maximum absolute atomic E-state index is 13.1. The number of fused-ring (bicyclic) bond motifs is 1. The molecule has 1 N–H and O–H groups in total. The van der Waals surface area contributed by atoms with Gasteiger partial charge in [0, 0.05) is 23.6 Å². The maximum Gasteiger partial charge on any atom is 0.303 e. The molecule has 3 nitrogen and oxygen atoms in total. The Hall–Kier alpha value is -1.84. The van der Waals surface area contributed by atoms with Crippen LogP contribution < -0.4 is 0 Å². The maximum atomic E-state index is 13.1. The average molecular weight is 247 g/mol. The summed E-state index contributed by atoms with van der Waals surface area (Å²) >= 11 is 0. The fraction of sp³-hybridized carbons (Fsp3) is 0.357. The Kier molecular flexibility index (Phi) is 2.40. The van der Waals surface area contributed by atoms with Crippen molar-refractivity contribution < 1.29 is 14.3 Å². The summed E-state index contributed by atoms with van der Waals surface area (Å²) in [5, 5.41) is 9.77. The first kappa shape index (κ1) is 11.3. The number of halogens is 1. The van der Waals surface area contributed by atoms with Crippen LogP contribution in [0.15, 0.2) is 30.5 Å². The Morgan fingerprint density at radius 3 is 2.83 bits per heavy atom. The molecule has 0 radical (unpaired) electrons. The van der Waals surface area contributed by atoms with Gasteiger partial charge in [0.15, 0.2) is 0 Å². The number of carbonyl (C=O) groups is 1. The number of aromatic nitrogens is 1. The van der Waals surface area contributed by atoms with Gasteiger partial charge in [0.25, 0.3) is 0 Å². The lowest BCUT2D eigenvalue weighted by molar-refractivity contribution is -0.138. The van der Waals surface area contributed by atoms with Crippen molar-refractivity contribution in [3.05, 3.63) is 36.3 Å². The molecule has 0 saturated heterocycles. The molecule has 0 aliphatic heterocycles. The second-order valence-electron chi connectivity index (χ2n) is 5.22. The Bertz CT molecular complexity index is 613. The standard InChI is InChI=1S/C14H14FNO2/c15-11-1-2-12-10(7-11)3-6-16(12)9-14(4-5-14)8-13(17)18/h1-3,6-7H,4-5,8-9H2,(H,17,18). The monoisotopic (exact) mass is 247 g/mol. The van der Waals surface area contributed by atoms with Gasteiger partial charge in [0.1, 0.15) is 5.82 Å². The fourth-order valence-electron chi connectivity index (χ4n) is 2.56. The molecule has 1 aliphatic carbocycles. The lowest BCUT2D eigenvalue weighted by Gasteiger charge is -2.14. The van der Waals surface area contributed by atoms with Gasteiger partial charge in [-0.2, -0.15) is 0 Å². The molecular weight excluding hydrogens is 233 g/mol. The van der Waals surface area contributed by atoms with Crippen molar-refractivity contribution in [2.24, 2.45) is 5.41 Å². The number of hydrogen-bond acceptors (Lipinski definition) is 1. The highest BCUT2D eigenvalue weighted by Gasteiger charge is 2.44. The molecule has 0 atom stereocenters. The minimum Gasteiger partial charge on any atom is -0.481 e. The van der Waals surface area contributed by atoms with Crippen molar-refractivity contribution in [1.29, 1.82) is 0 Å². The van der Waals surface area contributed by atoms with Crippen LogP contribution in [0.2, 0.25) is 0 Å². The lowest BCUT2D eigenvalue weighted by Crippen LogP contribution is -2.15. The first-order valence-corrected chi connectivity index (χ1v) is 6.04. The van der Waals surface area contributed by atoms with Crippen molar-refractivity contribution in [2.75, 3.05) is 0 Å². The summed E-state index contributed by atoms with van der Waals surface area (Å²) in [6.07, 6.45) is 4.04. The van der Waals surface area contributed by atoms with Crippen LogP contribution in [0, 0.1) is 11.2 Å². The Morgan fingerprint density at radius 2 is 2.17 bits per heavy atom. The van der Waals surface area contributed by atoms with E-state index in [4.69, 9.17) is 5.11 Å². The zero-order valence-electron chi connectivity index (χ0n) is 9.90. The van der Waals surface area contributed by atoms with Gasteiger partial charge >= 0.3 is 5.97 Å². The SMILES string of the molecule is O=C(O)CC1(Cn2ccc3cc(F)ccc32)CC1. The van der Waals surface area contributed by atoms with E-state index < -0.39 is 5.97 Å². The molecule has 0 unspecified atom stereocenters. The topological polar surface area (TPSA) is 42.2 Å². The molecule has 0 amide bonds. The van der Waals surface area contributed by atoms with E-state index in [2.05, 4.69) is 0 Å². The molecule has 18 heavy (non-hydrogen) atoms. The van der Waals surface area contributed by atoms with E-state index in [1.165, 1.54) is 12.1 Å². The number of aliphatic carboxylic acids is 1. The first-order chi connectivity index (χ1) is 8.58. The number of rotatable bonds is 4. The van der Waals surface area contributed by atoms with Crippen LogP contribution in [-0.4, -0.2) is 15.6 Å². The summed E-state index contributed by atoms with van der Waals surface area (Å²) < 4.78 is 15.1. The minimum atomic E-state index is -0.741. The molecule has 0 bridgehead atoms. The Morgan fingerprint density at radius 1 is 1.39 bits per heavy atom. The number of carboxylic acid groups (broad SMARTS) is 1. The number of benzene rings is 1. The second-order valence-corrected chi connectivity index (χ2v) is 5.22. The summed E-state index contributed by atoms with van der Waals surface area (Å²) in [6, 6.07) is 6.56. The van der Waals surface area contributed by atoms with E-state index in [-0.39, 0.29) is 17.7 Å². The van der Waals surface area contributed by atoms with Crippen LogP contribution >= 0.6 is 0 Å². The van der Waals surface area contributed by atoms with Crippen LogP contribution in [-0.2, 0) is 11.3 Å². The van der Waals surface area contributed by atoms with Gasteiger partial charge in [-0.05, 0) is 42.5 Å². The molecule has 4 heteroatoms. The highest BCUT2D eigenvalue weighted by Crippen LogP contribution is 2.50. The average Bonchev–Trinajstić information content (AvgIpc) is 2.92. The van der Waals surface area contributed by atoms with Gasteiger partial charge in [0.05, 0.1) is 6.42 Å². The molecule has 1 saturated carbocycles. The van der Waals surface area contributed by atoms with Crippen LogP contribution in [0.3, 0.4) is 0 Å². The van der Waals surface area contributed by atoms with Crippen LogP contribution in [0.5, 0.6) is 0 Å². The van der Waals surface area contributed by atoms with E-state index in [0.717, 1.165) is 23.7 Å². The van der Waals surface area contributed by atoms with Crippen molar-refractivity contribution in [3.63, 3.8) is 0 Å². The summed E-state index contributed by atoms with van der Waals surface area (Å²) in [6.45, 7) is 0.703. The zero-order valence-corrected chi connectivity index (χ0v) is 9.90. The minimum absolute atomic E-state index is 0.0911. The largest absolute Gasteiger partial charge is 0.481 e. The molecule has 2 aromatic rings. The highest BCUT2D eigenvalue weighted by molar-refractivity contribution is 5.80. The summed E-state index contributed by atoms with van der Waals surface area (Å²) in [7, 11) is 0. The quantitative estimate of drug-likeness (QED) is 0.902. The summed E-state index contributed by atoms with van der Waals surface area (Å²) in [5.41, 5.74) is 0.875. The number of hydrogen-bond donors (Lipinski definition) is 1. The van der Waals surface area contributed by atoms with Gasteiger partial charge < -0.3 is 9.67 Å². The summed E-state index contributed by atoms with van der Waals surface area (Å²) in [5.74, 6) is -0.984. The van der Waals surface area contributed by atoms with E-state index in [0.29, 0.717) is 6.54 Å². The van der Waals surface area contributed by atoms with Gasteiger partial charge in [0.2, 0.25) is 0 Å². The van der Waals surface area contributed by atoms with Gasteiger partial charge in [-0.15, -0.1) is 0 Å². The number of carboxylic acids is 1.